The number of rotatable bonds is 6. The molecule has 0 fully saturated rings. The lowest BCUT2D eigenvalue weighted by molar-refractivity contribution is -0.137. The number of hydrogen-bond donors (Lipinski definition) is 1. The van der Waals surface area contributed by atoms with E-state index in [1.807, 2.05) is 38.1 Å². The van der Waals surface area contributed by atoms with Gasteiger partial charge in [-0.05, 0) is 30.7 Å². The Morgan fingerprint density at radius 1 is 1.16 bits per heavy atom. The monoisotopic (exact) mass is 264 g/mol. The highest BCUT2D eigenvalue weighted by Crippen LogP contribution is 2.14. The number of carbonyl (C=O) groups is 2. The quantitative estimate of drug-likeness (QED) is 0.849. The number of anilines is 1. The van der Waals surface area contributed by atoms with Gasteiger partial charge in [0.05, 0.1) is 0 Å². The zero-order valence-corrected chi connectivity index (χ0v) is 11.6. The van der Waals surface area contributed by atoms with Crippen LogP contribution in [0.4, 0.5) is 5.69 Å². The second-order valence-electron chi connectivity index (χ2n) is 4.56. The highest BCUT2D eigenvalue weighted by atomic mass is 16.4. The second-order valence-corrected chi connectivity index (χ2v) is 4.56. The van der Waals surface area contributed by atoms with E-state index in [0.717, 1.165) is 12.1 Å². The molecular formula is C14H20N2O3. The number of benzene rings is 1. The summed E-state index contributed by atoms with van der Waals surface area (Å²) in [4.78, 5) is 26.3. The molecule has 1 aromatic carbocycles. The Hall–Kier alpha value is -2.04. The van der Waals surface area contributed by atoms with Crippen LogP contribution in [0.5, 0.6) is 0 Å². The third-order valence-corrected chi connectivity index (χ3v) is 2.74. The van der Waals surface area contributed by atoms with Crippen molar-refractivity contribution in [3.8, 4) is 0 Å². The van der Waals surface area contributed by atoms with Crippen molar-refractivity contribution >= 4 is 17.6 Å². The van der Waals surface area contributed by atoms with Gasteiger partial charge in [-0.3, -0.25) is 9.59 Å². The standard InChI is InChI=1S/C14H20N2O3/c1-4-9-16(10-13(17)18)14(19)11-5-7-12(8-6-11)15(2)3/h5-8H,4,9-10H2,1-3H3,(H,17,18). The van der Waals surface area contributed by atoms with E-state index in [-0.39, 0.29) is 12.5 Å². The minimum atomic E-state index is -0.994. The molecule has 1 rings (SSSR count). The molecule has 0 unspecified atom stereocenters. The van der Waals surface area contributed by atoms with Gasteiger partial charge in [-0.1, -0.05) is 6.92 Å². The Morgan fingerprint density at radius 2 is 1.74 bits per heavy atom. The van der Waals surface area contributed by atoms with Crippen molar-refractivity contribution < 1.29 is 14.7 Å². The molecule has 104 valence electrons. The number of carboxylic acids is 1. The summed E-state index contributed by atoms with van der Waals surface area (Å²) < 4.78 is 0. The number of amides is 1. The van der Waals surface area contributed by atoms with Crippen molar-refractivity contribution in [2.24, 2.45) is 0 Å². The maximum absolute atomic E-state index is 12.2. The van der Waals surface area contributed by atoms with Crippen LogP contribution in [-0.4, -0.2) is 49.1 Å². The van der Waals surface area contributed by atoms with Gasteiger partial charge in [0.1, 0.15) is 6.54 Å². The Balaban J connectivity index is 2.86. The first-order valence-corrected chi connectivity index (χ1v) is 6.24. The van der Waals surface area contributed by atoms with Crippen LogP contribution in [0.3, 0.4) is 0 Å². The highest BCUT2D eigenvalue weighted by molar-refractivity contribution is 5.96. The average molecular weight is 264 g/mol. The van der Waals surface area contributed by atoms with Crippen LogP contribution < -0.4 is 4.90 Å². The normalized spacial score (nSPS) is 10.1. The molecule has 0 aliphatic heterocycles. The fourth-order valence-corrected chi connectivity index (χ4v) is 1.77. The number of carbonyl (C=O) groups excluding carboxylic acids is 1. The van der Waals surface area contributed by atoms with Crippen molar-refractivity contribution in [3.05, 3.63) is 29.8 Å². The van der Waals surface area contributed by atoms with E-state index in [4.69, 9.17) is 5.11 Å². The smallest absolute Gasteiger partial charge is 0.323 e. The van der Waals surface area contributed by atoms with Crippen LogP contribution in [-0.2, 0) is 4.79 Å². The molecule has 0 aromatic heterocycles. The van der Waals surface area contributed by atoms with Gasteiger partial charge in [0.2, 0.25) is 0 Å². The number of hydrogen-bond acceptors (Lipinski definition) is 3. The number of aliphatic carboxylic acids is 1. The van der Waals surface area contributed by atoms with E-state index >= 15 is 0 Å². The number of nitrogens with zero attached hydrogens (tertiary/aromatic N) is 2. The van der Waals surface area contributed by atoms with Gasteiger partial charge in [0.25, 0.3) is 5.91 Å². The predicted octanol–water partition coefficient (Wildman–Crippen LogP) is 1.69. The lowest BCUT2D eigenvalue weighted by atomic mass is 10.1. The average Bonchev–Trinajstić information content (AvgIpc) is 2.37. The molecule has 5 nitrogen and oxygen atoms in total. The predicted molar refractivity (Wildman–Crippen MR) is 74.6 cm³/mol. The van der Waals surface area contributed by atoms with Gasteiger partial charge < -0.3 is 14.9 Å². The first-order valence-electron chi connectivity index (χ1n) is 6.24. The van der Waals surface area contributed by atoms with E-state index in [1.54, 1.807) is 12.1 Å². The first-order chi connectivity index (χ1) is 8.95. The van der Waals surface area contributed by atoms with Crippen LogP contribution in [0.2, 0.25) is 0 Å². The second kappa shape index (κ2) is 6.78. The fourth-order valence-electron chi connectivity index (χ4n) is 1.77. The summed E-state index contributed by atoms with van der Waals surface area (Å²) >= 11 is 0. The van der Waals surface area contributed by atoms with Gasteiger partial charge in [0.15, 0.2) is 0 Å². The largest absolute Gasteiger partial charge is 0.480 e. The Morgan fingerprint density at radius 3 is 2.16 bits per heavy atom. The van der Waals surface area contributed by atoms with Crippen molar-refractivity contribution in [3.63, 3.8) is 0 Å². The SMILES string of the molecule is CCCN(CC(=O)O)C(=O)c1ccc(N(C)C)cc1. The first kappa shape index (κ1) is 15.0. The molecule has 0 saturated heterocycles. The van der Waals surface area contributed by atoms with Crippen LogP contribution in [0.1, 0.15) is 23.7 Å². The molecule has 0 aliphatic carbocycles. The maximum Gasteiger partial charge on any atom is 0.323 e. The molecule has 1 aromatic rings. The highest BCUT2D eigenvalue weighted by Gasteiger charge is 2.17. The molecule has 0 spiro atoms. The van der Waals surface area contributed by atoms with Crippen molar-refractivity contribution in [2.75, 3.05) is 32.1 Å². The van der Waals surface area contributed by atoms with Crippen molar-refractivity contribution in [1.29, 1.82) is 0 Å². The molecule has 0 saturated carbocycles. The van der Waals surface area contributed by atoms with Crippen LogP contribution >= 0.6 is 0 Å². The summed E-state index contributed by atoms with van der Waals surface area (Å²) in [6.45, 7) is 2.10. The lowest BCUT2D eigenvalue weighted by Gasteiger charge is -2.20. The third-order valence-electron chi connectivity index (χ3n) is 2.74. The summed E-state index contributed by atoms with van der Waals surface area (Å²) in [6.07, 6.45) is 0.731. The molecule has 1 N–H and O–H groups in total. The van der Waals surface area contributed by atoms with E-state index in [9.17, 15) is 9.59 Å². The van der Waals surface area contributed by atoms with Gasteiger partial charge in [-0.15, -0.1) is 0 Å². The van der Waals surface area contributed by atoms with E-state index in [2.05, 4.69) is 0 Å². The fraction of sp³-hybridized carbons (Fsp3) is 0.429. The Labute approximate surface area is 113 Å². The van der Waals surface area contributed by atoms with Crippen molar-refractivity contribution in [2.45, 2.75) is 13.3 Å². The molecule has 0 radical (unpaired) electrons. The lowest BCUT2D eigenvalue weighted by Crippen LogP contribution is -2.36. The van der Waals surface area contributed by atoms with Gasteiger partial charge in [0, 0.05) is 31.9 Å². The van der Waals surface area contributed by atoms with Gasteiger partial charge in [-0.25, -0.2) is 0 Å². The minimum Gasteiger partial charge on any atom is -0.480 e. The summed E-state index contributed by atoms with van der Waals surface area (Å²) in [5.41, 5.74) is 1.51. The summed E-state index contributed by atoms with van der Waals surface area (Å²) in [6, 6.07) is 7.14. The Kier molecular flexibility index (Phi) is 5.36. The topological polar surface area (TPSA) is 60.9 Å². The zero-order chi connectivity index (χ0) is 14.4. The van der Waals surface area contributed by atoms with Crippen LogP contribution in [0.25, 0.3) is 0 Å². The Bertz CT molecular complexity index is 441. The minimum absolute atomic E-state index is 0.241. The summed E-state index contributed by atoms with van der Waals surface area (Å²) in [7, 11) is 3.84. The molecule has 0 aliphatic rings. The van der Waals surface area contributed by atoms with E-state index < -0.39 is 5.97 Å². The van der Waals surface area contributed by atoms with Gasteiger partial charge >= 0.3 is 5.97 Å². The molecule has 19 heavy (non-hydrogen) atoms. The van der Waals surface area contributed by atoms with Gasteiger partial charge in [-0.2, -0.15) is 0 Å². The molecule has 5 heteroatoms. The third kappa shape index (κ3) is 4.28. The molecule has 0 heterocycles. The van der Waals surface area contributed by atoms with Crippen LogP contribution in [0, 0.1) is 0 Å². The summed E-state index contributed by atoms with van der Waals surface area (Å²) in [5.74, 6) is -1.23. The van der Waals surface area contributed by atoms with Crippen molar-refractivity contribution in [1.82, 2.24) is 4.90 Å². The molecular weight excluding hydrogens is 244 g/mol. The van der Waals surface area contributed by atoms with E-state index in [0.29, 0.717) is 12.1 Å². The zero-order valence-electron chi connectivity index (χ0n) is 11.6. The summed E-state index contributed by atoms with van der Waals surface area (Å²) in [5, 5.41) is 8.82. The van der Waals surface area contributed by atoms with Crippen LogP contribution in [0.15, 0.2) is 24.3 Å². The molecule has 0 atom stereocenters. The maximum atomic E-state index is 12.2. The number of carboxylic acid groups (broad SMARTS) is 1. The molecule has 0 bridgehead atoms. The molecule has 1 amide bonds. The van der Waals surface area contributed by atoms with E-state index in [1.165, 1.54) is 4.90 Å².